The second kappa shape index (κ2) is 8.28. The maximum Gasteiger partial charge on any atom is 0.249 e. The van der Waals surface area contributed by atoms with E-state index in [1.54, 1.807) is 18.3 Å². The van der Waals surface area contributed by atoms with Crippen LogP contribution in [0.4, 0.5) is 5.82 Å². The number of hydrogen-bond acceptors (Lipinski definition) is 4. The number of rotatable bonds is 6. The summed E-state index contributed by atoms with van der Waals surface area (Å²) in [5, 5.41) is 3.70. The fourth-order valence-corrected chi connectivity index (χ4v) is 3.61. The number of primary amides is 1. The second-order valence-corrected chi connectivity index (χ2v) is 7.16. The van der Waals surface area contributed by atoms with E-state index < -0.39 is 5.91 Å². The van der Waals surface area contributed by atoms with Crippen molar-refractivity contribution < 1.29 is 9.59 Å². The minimum absolute atomic E-state index is 0.0643. The van der Waals surface area contributed by atoms with Crippen molar-refractivity contribution in [3.05, 3.63) is 59.8 Å². The van der Waals surface area contributed by atoms with Gasteiger partial charge < -0.3 is 16.0 Å². The zero-order valence-corrected chi connectivity index (χ0v) is 16.0. The molecule has 29 heavy (non-hydrogen) atoms. The third-order valence-electron chi connectivity index (χ3n) is 5.05. The first kappa shape index (κ1) is 18.9. The molecule has 0 unspecified atom stereocenters. The fraction of sp³-hybridized carbons (Fsp3) is 0.227. The number of nitrogens with one attached hydrogen (secondary N) is 2. The van der Waals surface area contributed by atoms with E-state index in [9.17, 15) is 9.59 Å². The van der Waals surface area contributed by atoms with E-state index in [-0.39, 0.29) is 5.91 Å². The second-order valence-electron chi connectivity index (χ2n) is 7.16. The Labute approximate surface area is 168 Å². The maximum absolute atomic E-state index is 12.2. The van der Waals surface area contributed by atoms with E-state index in [4.69, 9.17) is 5.73 Å². The third-order valence-corrected chi connectivity index (χ3v) is 5.05. The molecule has 0 spiro atoms. The molecule has 1 fully saturated rings. The predicted molar refractivity (Wildman–Crippen MR) is 114 cm³/mol. The Morgan fingerprint density at radius 2 is 1.90 bits per heavy atom. The van der Waals surface area contributed by atoms with Gasteiger partial charge >= 0.3 is 0 Å². The van der Waals surface area contributed by atoms with Crippen LogP contribution >= 0.6 is 0 Å². The van der Waals surface area contributed by atoms with Crippen molar-refractivity contribution in [2.45, 2.75) is 12.8 Å². The lowest BCUT2D eigenvalue weighted by molar-refractivity contribution is -0.117. The van der Waals surface area contributed by atoms with Crippen molar-refractivity contribution in [3.63, 3.8) is 0 Å². The van der Waals surface area contributed by atoms with Gasteiger partial charge in [-0.25, -0.2) is 4.98 Å². The van der Waals surface area contributed by atoms with Crippen molar-refractivity contribution in [2.75, 3.05) is 25.0 Å². The van der Waals surface area contributed by atoms with Gasteiger partial charge in [-0.15, -0.1) is 0 Å². The van der Waals surface area contributed by atoms with Crippen LogP contribution in [0.15, 0.2) is 48.7 Å². The summed E-state index contributed by atoms with van der Waals surface area (Å²) in [6.45, 7) is 2.32. The molecule has 2 aromatic heterocycles. The Bertz CT molecular complexity index is 1070. The maximum atomic E-state index is 12.2. The molecule has 0 atom stereocenters. The molecule has 3 aromatic rings. The number of carbonyl (C=O) groups is 2. The van der Waals surface area contributed by atoms with Gasteiger partial charge in [0.1, 0.15) is 11.5 Å². The number of hydrogen-bond donors (Lipinski definition) is 3. The van der Waals surface area contributed by atoms with Gasteiger partial charge in [-0.05, 0) is 49.7 Å². The molecule has 7 heteroatoms. The summed E-state index contributed by atoms with van der Waals surface area (Å²) < 4.78 is 0. The number of nitrogens with zero attached hydrogens (tertiary/aromatic N) is 2. The summed E-state index contributed by atoms with van der Waals surface area (Å²) in [4.78, 5) is 33.9. The summed E-state index contributed by atoms with van der Waals surface area (Å²) in [7, 11) is 0. The van der Waals surface area contributed by atoms with E-state index in [0.29, 0.717) is 23.6 Å². The molecular formula is C22H23N5O2. The van der Waals surface area contributed by atoms with Crippen molar-refractivity contribution in [3.8, 4) is 0 Å². The van der Waals surface area contributed by atoms with Crippen LogP contribution in [0, 0.1) is 0 Å². The van der Waals surface area contributed by atoms with Crippen LogP contribution in [0.2, 0.25) is 0 Å². The molecule has 2 amide bonds. The number of H-pyrrole nitrogens is 1. The Hall–Kier alpha value is -3.45. The normalized spacial score (nSPS) is 15.0. The monoisotopic (exact) mass is 389 g/mol. The third kappa shape index (κ3) is 4.35. The molecule has 1 saturated heterocycles. The van der Waals surface area contributed by atoms with Crippen LogP contribution in [0.3, 0.4) is 0 Å². The number of aromatic nitrogens is 2. The van der Waals surface area contributed by atoms with Crippen molar-refractivity contribution in [1.82, 2.24) is 14.9 Å². The number of nitrogens with two attached hydrogens (primary N) is 1. The summed E-state index contributed by atoms with van der Waals surface area (Å²) >= 11 is 0. The average molecular weight is 389 g/mol. The summed E-state index contributed by atoms with van der Waals surface area (Å²) in [6.07, 6.45) is 5.82. The first-order valence-electron chi connectivity index (χ1n) is 9.67. The molecule has 4 N–H and O–H groups in total. The van der Waals surface area contributed by atoms with Crippen molar-refractivity contribution >= 4 is 40.3 Å². The quantitative estimate of drug-likeness (QED) is 0.564. The van der Waals surface area contributed by atoms with Crippen LogP contribution in [0.1, 0.15) is 24.0 Å². The Kier molecular flexibility index (Phi) is 5.39. The number of anilines is 1. The number of benzene rings is 1. The summed E-state index contributed by atoms with van der Waals surface area (Å²) in [6, 6.07) is 12.9. The lowest BCUT2D eigenvalue weighted by Gasteiger charge is -2.13. The van der Waals surface area contributed by atoms with Crippen LogP contribution < -0.4 is 11.1 Å². The van der Waals surface area contributed by atoms with E-state index in [1.807, 2.05) is 36.4 Å². The van der Waals surface area contributed by atoms with Gasteiger partial charge in [-0.2, -0.15) is 0 Å². The standard InChI is InChI=1S/C22H23N5O2/c23-21(29)18(15-6-2-1-3-7-15)12-16-13-24-22-17(16)8-9-19(26-22)25-20(28)14-27-10-4-5-11-27/h1-3,6-9,12-13H,4-5,10-11,14H2,(H2,23,29)(H2,24,25,26,28). The van der Waals surface area contributed by atoms with E-state index in [1.165, 1.54) is 0 Å². The molecule has 0 aliphatic carbocycles. The lowest BCUT2D eigenvalue weighted by atomic mass is 10.0. The zero-order chi connectivity index (χ0) is 20.2. The van der Waals surface area contributed by atoms with Gasteiger partial charge in [-0.3, -0.25) is 14.5 Å². The number of likely N-dealkylation sites (tertiary alicyclic amines) is 1. The highest BCUT2D eigenvalue weighted by Crippen LogP contribution is 2.24. The van der Waals surface area contributed by atoms with Gasteiger partial charge in [0.25, 0.3) is 0 Å². The minimum Gasteiger partial charge on any atom is -0.366 e. The number of pyridine rings is 1. The number of carbonyl (C=O) groups excluding carboxylic acids is 2. The summed E-state index contributed by atoms with van der Waals surface area (Å²) in [5.74, 6) is -0.0629. The van der Waals surface area contributed by atoms with E-state index >= 15 is 0 Å². The highest BCUT2D eigenvalue weighted by atomic mass is 16.2. The molecule has 148 valence electrons. The SMILES string of the molecule is NC(=O)C(=Cc1c[nH]c2nc(NC(=O)CN3CCCC3)ccc12)c1ccccc1. The van der Waals surface area contributed by atoms with E-state index in [0.717, 1.165) is 42.4 Å². The number of amides is 2. The minimum atomic E-state index is -0.496. The van der Waals surface area contributed by atoms with Gasteiger partial charge in [0.05, 0.1) is 6.54 Å². The number of aromatic amines is 1. The molecule has 0 radical (unpaired) electrons. The van der Waals surface area contributed by atoms with Crippen LogP contribution in [0.5, 0.6) is 0 Å². The average Bonchev–Trinajstić information content (AvgIpc) is 3.36. The predicted octanol–water partition coefficient (Wildman–Crippen LogP) is 2.62. The fourth-order valence-electron chi connectivity index (χ4n) is 3.61. The van der Waals surface area contributed by atoms with Crippen LogP contribution in [-0.2, 0) is 9.59 Å². The molecule has 7 nitrogen and oxygen atoms in total. The summed E-state index contributed by atoms with van der Waals surface area (Å²) in [5.41, 5.74) is 8.21. The van der Waals surface area contributed by atoms with Crippen molar-refractivity contribution in [1.29, 1.82) is 0 Å². The first-order valence-corrected chi connectivity index (χ1v) is 9.67. The molecular weight excluding hydrogens is 366 g/mol. The largest absolute Gasteiger partial charge is 0.366 e. The highest BCUT2D eigenvalue weighted by Gasteiger charge is 2.16. The molecule has 0 saturated carbocycles. The molecule has 1 aliphatic heterocycles. The molecule has 4 rings (SSSR count). The molecule has 0 bridgehead atoms. The molecule has 1 aliphatic rings. The highest BCUT2D eigenvalue weighted by molar-refractivity contribution is 6.24. The number of fused-ring (bicyclic) bond motifs is 1. The zero-order valence-electron chi connectivity index (χ0n) is 16.0. The smallest absolute Gasteiger partial charge is 0.249 e. The van der Waals surface area contributed by atoms with Gasteiger partial charge in [0, 0.05) is 22.7 Å². The van der Waals surface area contributed by atoms with Gasteiger partial charge in [-0.1, -0.05) is 30.3 Å². The van der Waals surface area contributed by atoms with Crippen molar-refractivity contribution in [2.24, 2.45) is 5.73 Å². The Morgan fingerprint density at radius 1 is 1.14 bits per heavy atom. The first-order chi connectivity index (χ1) is 14.1. The van der Waals surface area contributed by atoms with E-state index in [2.05, 4.69) is 20.2 Å². The Balaban J connectivity index is 1.56. The Morgan fingerprint density at radius 3 is 2.62 bits per heavy atom. The van der Waals surface area contributed by atoms with Gasteiger partial charge in [0.2, 0.25) is 11.8 Å². The van der Waals surface area contributed by atoms with Crippen LogP contribution in [0.25, 0.3) is 22.7 Å². The molecule has 1 aromatic carbocycles. The topological polar surface area (TPSA) is 104 Å². The van der Waals surface area contributed by atoms with Crippen LogP contribution in [-0.4, -0.2) is 46.3 Å². The molecule has 3 heterocycles. The lowest BCUT2D eigenvalue weighted by Crippen LogP contribution is -2.31. The van der Waals surface area contributed by atoms with Gasteiger partial charge in [0.15, 0.2) is 0 Å².